The van der Waals surface area contributed by atoms with Gasteiger partial charge in [0.15, 0.2) is 0 Å². The maximum Gasteiger partial charge on any atom is 0.0693 e. The first-order chi connectivity index (χ1) is 5.46. The van der Waals surface area contributed by atoms with Gasteiger partial charge in [0.2, 0.25) is 0 Å². The number of rotatable bonds is 0. The van der Waals surface area contributed by atoms with Gasteiger partial charge in [-0.1, -0.05) is 0 Å². The second-order valence-corrected chi connectivity index (χ2v) is 5.69. The molecule has 77 valence electrons. The third-order valence-electron chi connectivity index (χ3n) is 1.83. The Morgan fingerprint density at radius 2 is 0.462 bits per heavy atom. The summed E-state index contributed by atoms with van der Waals surface area (Å²) in [6.07, 6.45) is 0. The van der Waals surface area contributed by atoms with E-state index in [4.69, 9.17) is 69.6 Å². The van der Waals surface area contributed by atoms with Crippen LogP contribution in [0.1, 0.15) is 0 Å². The van der Waals surface area contributed by atoms with Gasteiger partial charge in [-0.3, -0.25) is 0 Å². The SMILES string of the molecule is ClC1C(Cl)C(Cl)C(Cl)C(Cl)C1Cl.[V]. The predicted octanol–water partition coefficient (Wildman–Crippen LogP) is 3.64. The van der Waals surface area contributed by atoms with Crippen molar-refractivity contribution >= 4 is 69.6 Å². The van der Waals surface area contributed by atoms with Crippen molar-refractivity contribution in [3.8, 4) is 0 Å². The Bertz CT molecular complexity index is 109. The topological polar surface area (TPSA) is 0 Å². The van der Waals surface area contributed by atoms with Gasteiger partial charge in [-0.2, -0.15) is 0 Å². The minimum atomic E-state index is -0.437. The van der Waals surface area contributed by atoms with E-state index in [1.165, 1.54) is 0 Å². The molecule has 0 bridgehead atoms. The van der Waals surface area contributed by atoms with Gasteiger partial charge >= 0.3 is 0 Å². The molecule has 1 aliphatic carbocycles. The largest absolute Gasteiger partial charge is 0.120 e. The molecule has 0 aromatic carbocycles. The van der Waals surface area contributed by atoms with E-state index in [2.05, 4.69) is 0 Å². The van der Waals surface area contributed by atoms with Gasteiger partial charge < -0.3 is 0 Å². The summed E-state index contributed by atoms with van der Waals surface area (Å²) in [7, 11) is 0. The van der Waals surface area contributed by atoms with Crippen LogP contribution in [0.3, 0.4) is 0 Å². The molecule has 0 aliphatic heterocycles. The van der Waals surface area contributed by atoms with Crippen LogP contribution in [-0.4, -0.2) is 32.3 Å². The molecule has 0 aromatic heterocycles. The number of hydrogen-bond acceptors (Lipinski definition) is 0. The summed E-state index contributed by atoms with van der Waals surface area (Å²) in [5.41, 5.74) is 0. The van der Waals surface area contributed by atoms with Crippen LogP contribution in [0.15, 0.2) is 0 Å². The van der Waals surface area contributed by atoms with Crippen molar-refractivity contribution in [1.82, 2.24) is 0 Å². The zero-order valence-electron chi connectivity index (χ0n) is 6.18. The normalized spacial score (nSPS) is 51.2. The van der Waals surface area contributed by atoms with Crippen LogP contribution in [0, 0.1) is 0 Å². The Hall–Kier alpha value is 2.32. The number of alkyl halides is 6. The van der Waals surface area contributed by atoms with Crippen molar-refractivity contribution in [1.29, 1.82) is 0 Å². The maximum atomic E-state index is 5.88. The average molecular weight is 342 g/mol. The maximum absolute atomic E-state index is 5.88. The summed E-state index contributed by atoms with van der Waals surface area (Å²) in [5.74, 6) is 0. The molecule has 0 saturated heterocycles. The number of halogens is 6. The molecule has 0 unspecified atom stereocenters. The summed E-state index contributed by atoms with van der Waals surface area (Å²) in [6, 6.07) is 0. The third kappa shape index (κ3) is 3.14. The molecule has 1 fully saturated rings. The van der Waals surface area contributed by atoms with Gasteiger partial charge in [-0.15, -0.1) is 69.6 Å². The smallest absolute Gasteiger partial charge is 0.0693 e. The Labute approximate surface area is 119 Å². The second kappa shape index (κ2) is 6.16. The summed E-state index contributed by atoms with van der Waals surface area (Å²) in [4.78, 5) is 0. The van der Waals surface area contributed by atoms with Crippen LogP contribution in [0.2, 0.25) is 0 Å². The van der Waals surface area contributed by atoms with Gasteiger partial charge in [0.25, 0.3) is 0 Å². The Morgan fingerprint density at radius 1 is 0.385 bits per heavy atom. The monoisotopic (exact) mass is 339 g/mol. The van der Waals surface area contributed by atoms with E-state index >= 15 is 0 Å². The molecular formula is C6H6Cl6V. The fourth-order valence-electron chi connectivity index (χ4n) is 1.05. The fraction of sp³-hybridized carbons (Fsp3) is 1.00. The third-order valence-corrected chi connectivity index (χ3v) is 5.86. The molecule has 1 aliphatic rings. The van der Waals surface area contributed by atoms with E-state index in [-0.39, 0.29) is 18.6 Å². The van der Waals surface area contributed by atoms with E-state index in [1.54, 1.807) is 0 Å². The van der Waals surface area contributed by atoms with E-state index in [0.717, 1.165) is 0 Å². The van der Waals surface area contributed by atoms with E-state index < -0.39 is 32.3 Å². The van der Waals surface area contributed by atoms with Crippen molar-refractivity contribution in [2.75, 3.05) is 0 Å². The van der Waals surface area contributed by atoms with Gasteiger partial charge in [0, 0.05) is 18.6 Å². The standard InChI is InChI=1S/C6H6Cl6.V/c7-1-2(8)4(10)6(12)5(11)3(1)9;/h1-6H;. The predicted molar refractivity (Wildman–Crippen MR) is 57.8 cm³/mol. The summed E-state index contributed by atoms with van der Waals surface area (Å²) in [6.45, 7) is 0. The van der Waals surface area contributed by atoms with E-state index in [9.17, 15) is 0 Å². The van der Waals surface area contributed by atoms with E-state index in [0.29, 0.717) is 0 Å². The van der Waals surface area contributed by atoms with Gasteiger partial charge in [0.05, 0.1) is 32.3 Å². The van der Waals surface area contributed by atoms with E-state index in [1.807, 2.05) is 0 Å². The summed E-state index contributed by atoms with van der Waals surface area (Å²) >= 11 is 35.3. The van der Waals surface area contributed by atoms with Crippen LogP contribution >= 0.6 is 69.6 Å². The first-order valence-corrected chi connectivity index (χ1v) is 5.93. The van der Waals surface area contributed by atoms with Crippen LogP contribution in [0.5, 0.6) is 0 Å². The molecule has 1 saturated carbocycles. The fourth-order valence-corrected chi connectivity index (χ4v) is 3.38. The van der Waals surface area contributed by atoms with Crippen molar-refractivity contribution in [2.45, 2.75) is 32.3 Å². The van der Waals surface area contributed by atoms with Crippen molar-refractivity contribution in [3.05, 3.63) is 0 Å². The molecule has 1 rings (SSSR count). The van der Waals surface area contributed by atoms with Crippen molar-refractivity contribution in [2.24, 2.45) is 0 Å². The molecule has 0 amide bonds. The van der Waals surface area contributed by atoms with Crippen molar-refractivity contribution in [3.63, 3.8) is 0 Å². The molecular weight excluding hydrogens is 336 g/mol. The van der Waals surface area contributed by atoms with Crippen LogP contribution in [0.4, 0.5) is 0 Å². The van der Waals surface area contributed by atoms with Gasteiger partial charge in [0.1, 0.15) is 0 Å². The van der Waals surface area contributed by atoms with Crippen LogP contribution < -0.4 is 0 Å². The Balaban J connectivity index is 0.00000144. The van der Waals surface area contributed by atoms with Crippen LogP contribution in [0.25, 0.3) is 0 Å². The molecule has 7 heteroatoms. The first kappa shape index (κ1) is 15.3. The summed E-state index contributed by atoms with van der Waals surface area (Å²) < 4.78 is 0. The Kier molecular flexibility index (Phi) is 7.26. The molecule has 0 nitrogen and oxygen atoms in total. The summed E-state index contributed by atoms with van der Waals surface area (Å²) in [5, 5.41) is -2.62. The minimum Gasteiger partial charge on any atom is -0.120 e. The molecule has 13 heavy (non-hydrogen) atoms. The number of hydrogen-bond donors (Lipinski definition) is 0. The minimum absolute atomic E-state index is 0. The second-order valence-electron chi connectivity index (χ2n) is 2.67. The first-order valence-electron chi connectivity index (χ1n) is 3.31. The average Bonchev–Trinajstić information content (AvgIpc) is 2.08. The molecule has 1 radical (unpaired) electrons. The van der Waals surface area contributed by atoms with Gasteiger partial charge in [-0.25, -0.2) is 0 Å². The van der Waals surface area contributed by atoms with Crippen molar-refractivity contribution < 1.29 is 18.6 Å². The molecule has 0 spiro atoms. The van der Waals surface area contributed by atoms with Crippen LogP contribution in [-0.2, 0) is 18.6 Å². The molecule has 0 atom stereocenters. The molecule has 0 heterocycles. The van der Waals surface area contributed by atoms with Gasteiger partial charge in [-0.05, 0) is 0 Å². The molecule has 0 aromatic rings. The zero-order valence-corrected chi connectivity index (χ0v) is 12.1. The Morgan fingerprint density at radius 3 is 0.538 bits per heavy atom. The zero-order chi connectivity index (χ0) is 9.46. The quantitative estimate of drug-likeness (QED) is 0.590. The molecule has 0 N–H and O–H groups in total.